The zero-order chi connectivity index (χ0) is 18.7. The highest BCUT2D eigenvalue weighted by Crippen LogP contribution is 2.36. The van der Waals surface area contributed by atoms with Crippen molar-refractivity contribution < 1.29 is 14.3 Å². The van der Waals surface area contributed by atoms with Crippen LogP contribution < -0.4 is 4.74 Å². The van der Waals surface area contributed by atoms with Crippen molar-refractivity contribution >= 4 is 5.91 Å². The van der Waals surface area contributed by atoms with Crippen LogP contribution >= 0.6 is 0 Å². The van der Waals surface area contributed by atoms with Crippen LogP contribution in [0.4, 0.5) is 0 Å². The van der Waals surface area contributed by atoms with E-state index >= 15 is 0 Å². The number of rotatable bonds is 4. The second-order valence-corrected chi connectivity index (χ2v) is 7.14. The van der Waals surface area contributed by atoms with E-state index in [0.29, 0.717) is 31.4 Å². The van der Waals surface area contributed by atoms with Crippen LogP contribution in [0.15, 0.2) is 30.7 Å². The van der Waals surface area contributed by atoms with Crippen LogP contribution in [0.2, 0.25) is 0 Å². The Morgan fingerprint density at radius 1 is 1.33 bits per heavy atom. The van der Waals surface area contributed by atoms with Gasteiger partial charge in [-0.25, -0.2) is 9.97 Å². The summed E-state index contributed by atoms with van der Waals surface area (Å²) in [5, 5.41) is 4.33. The zero-order valence-corrected chi connectivity index (χ0v) is 15.6. The van der Waals surface area contributed by atoms with Crippen molar-refractivity contribution in [2.24, 2.45) is 0 Å². The molecule has 0 N–H and O–H groups in total. The average molecular weight is 371 g/mol. The van der Waals surface area contributed by atoms with E-state index in [1.807, 2.05) is 18.0 Å². The Balaban J connectivity index is 1.35. The molecule has 0 aliphatic carbocycles. The Morgan fingerprint density at radius 2 is 2.11 bits per heavy atom. The van der Waals surface area contributed by atoms with Gasteiger partial charge in [0.05, 0.1) is 12.2 Å². The maximum atomic E-state index is 12.7. The van der Waals surface area contributed by atoms with Crippen LogP contribution in [0.5, 0.6) is 6.01 Å². The Morgan fingerprint density at radius 3 is 2.81 bits per heavy atom. The van der Waals surface area contributed by atoms with Gasteiger partial charge in [0.2, 0.25) is 0 Å². The number of carbonyl (C=O) groups is 1. The average Bonchev–Trinajstić information content (AvgIpc) is 3.18. The number of nitrogens with zero attached hydrogens (tertiary/aromatic N) is 5. The van der Waals surface area contributed by atoms with Crippen molar-refractivity contribution in [3.05, 3.63) is 36.4 Å². The third-order valence-electron chi connectivity index (χ3n) is 5.41. The van der Waals surface area contributed by atoms with Crippen LogP contribution in [-0.4, -0.2) is 62.0 Å². The number of likely N-dealkylation sites (tertiary alicyclic amines) is 1. The van der Waals surface area contributed by atoms with E-state index in [9.17, 15) is 4.79 Å². The van der Waals surface area contributed by atoms with Crippen LogP contribution in [0.1, 0.15) is 43.1 Å². The fourth-order valence-corrected chi connectivity index (χ4v) is 3.86. The van der Waals surface area contributed by atoms with Crippen molar-refractivity contribution in [3.8, 4) is 6.01 Å². The number of hydrogen-bond donors (Lipinski definition) is 0. The highest BCUT2D eigenvalue weighted by atomic mass is 16.5. The molecule has 4 heterocycles. The molecule has 2 fully saturated rings. The zero-order valence-electron chi connectivity index (χ0n) is 15.6. The van der Waals surface area contributed by atoms with E-state index in [1.54, 1.807) is 29.2 Å². The molecule has 2 aliphatic rings. The van der Waals surface area contributed by atoms with Gasteiger partial charge in [0.25, 0.3) is 5.91 Å². The first-order valence-corrected chi connectivity index (χ1v) is 9.58. The lowest BCUT2D eigenvalue weighted by atomic mass is 9.83. The monoisotopic (exact) mass is 371 g/mol. The third-order valence-corrected chi connectivity index (χ3v) is 5.41. The summed E-state index contributed by atoms with van der Waals surface area (Å²) >= 11 is 0. The Kier molecular flexibility index (Phi) is 5.07. The van der Waals surface area contributed by atoms with Gasteiger partial charge in [-0.15, -0.1) is 0 Å². The van der Waals surface area contributed by atoms with Gasteiger partial charge in [0.1, 0.15) is 11.8 Å². The number of amides is 1. The normalized spacial score (nSPS) is 22.0. The first kappa shape index (κ1) is 17.9. The number of piperidine rings is 1. The second kappa shape index (κ2) is 7.64. The SMILES string of the molecule is CCn1ccc(C(=O)N2CCC3(CC2)CC(Oc2ncccn2)CCO3)n1. The summed E-state index contributed by atoms with van der Waals surface area (Å²) in [6.45, 7) is 4.77. The number of aryl methyl sites for hydroxylation is 1. The van der Waals surface area contributed by atoms with Gasteiger partial charge < -0.3 is 14.4 Å². The molecule has 2 aromatic heterocycles. The second-order valence-electron chi connectivity index (χ2n) is 7.14. The van der Waals surface area contributed by atoms with Gasteiger partial charge in [0, 0.05) is 51.1 Å². The highest BCUT2D eigenvalue weighted by Gasteiger charge is 2.42. The van der Waals surface area contributed by atoms with E-state index in [1.165, 1.54) is 0 Å². The standard InChI is InChI=1S/C19H25N5O3/c1-2-24-10-4-16(22-24)17(25)23-11-6-19(7-12-23)14-15(5-13-26-19)27-18-20-8-3-9-21-18/h3-4,8-10,15H,2,5-7,11-14H2,1H3. The predicted molar refractivity (Wildman–Crippen MR) is 97.4 cm³/mol. The first-order valence-electron chi connectivity index (χ1n) is 9.58. The summed E-state index contributed by atoms with van der Waals surface area (Å²) in [7, 11) is 0. The summed E-state index contributed by atoms with van der Waals surface area (Å²) < 4.78 is 13.9. The van der Waals surface area contributed by atoms with Crippen molar-refractivity contribution in [1.29, 1.82) is 0 Å². The van der Waals surface area contributed by atoms with E-state index in [2.05, 4.69) is 15.1 Å². The molecule has 2 saturated heterocycles. The Hall–Kier alpha value is -2.48. The Bertz CT molecular complexity index is 771. The summed E-state index contributed by atoms with van der Waals surface area (Å²) in [6, 6.07) is 3.98. The maximum absolute atomic E-state index is 12.7. The largest absolute Gasteiger partial charge is 0.460 e. The number of ether oxygens (including phenoxy) is 2. The molecule has 2 aromatic rings. The molecule has 27 heavy (non-hydrogen) atoms. The van der Waals surface area contributed by atoms with Gasteiger partial charge >= 0.3 is 6.01 Å². The van der Waals surface area contributed by atoms with Crippen molar-refractivity contribution in [2.75, 3.05) is 19.7 Å². The quantitative estimate of drug-likeness (QED) is 0.817. The van der Waals surface area contributed by atoms with Crippen molar-refractivity contribution in [3.63, 3.8) is 0 Å². The molecule has 1 amide bonds. The van der Waals surface area contributed by atoms with Crippen molar-refractivity contribution in [2.45, 2.75) is 50.9 Å². The van der Waals surface area contributed by atoms with Gasteiger partial charge in [-0.05, 0) is 31.9 Å². The molecule has 8 heteroatoms. The van der Waals surface area contributed by atoms with E-state index < -0.39 is 0 Å². The van der Waals surface area contributed by atoms with E-state index in [-0.39, 0.29) is 17.6 Å². The third kappa shape index (κ3) is 3.95. The van der Waals surface area contributed by atoms with Gasteiger partial charge in [-0.3, -0.25) is 9.48 Å². The summed E-state index contributed by atoms with van der Waals surface area (Å²) in [5.41, 5.74) is 0.289. The molecule has 4 rings (SSSR count). The molecule has 0 aromatic carbocycles. The minimum Gasteiger partial charge on any atom is -0.460 e. The molecular formula is C19H25N5O3. The van der Waals surface area contributed by atoms with Crippen LogP contribution in [0.25, 0.3) is 0 Å². The molecule has 8 nitrogen and oxygen atoms in total. The van der Waals surface area contributed by atoms with Gasteiger partial charge in [-0.2, -0.15) is 5.10 Å². The molecule has 1 spiro atoms. The van der Waals surface area contributed by atoms with E-state index in [4.69, 9.17) is 9.47 Å². The van der Waals surface area contributed by atoms with Gasteiger partial charge in [-0.1, -0.05) is 0 Å². The molecule has 0 bridgehead atoms. The fourth-order valence-electron chi connectivity index (χ4n) is 3.86. The Labute approximate surface area is 158 Å². The van der Waals surface area contributed by atoms with Crippen LogP contribution in [-0.2, 0) is 11.3 Å². The molecule has 2 aliphatic heterocycles. The smallest absolute Gasteiger partial charge is 0.316 e. The highest BCUT2D eigenvalue weighted by molar-refractivity contribution is 5.92. The van der Waals surface area contributed by atoms with Crippen molar-refractivity contribution in [1.82, 2.24) is 24.6 Å². The maximum Gasteiger partial charge on any atom is 0.316 e. The van der Waals surface area contributed by atoms with Crippen LogP contribution in [0, 0.1) is 0 Å². The molecule has 144 valence electrons. The first-order chi connectivity index (χ1) is 13.2. The fraction of sp³-hybridized carbons (Fsp3) is 0.579. The molecule has 1 unspecified atom stereocenters. The lowest BCUT2D eigenvalue weighted by Crippen LogP contribution is -2.52. The van der Waals surface area contributed by atoms with Gasteiger partial charge in [0.15, 0.2) is 0 Å². The lowest BCUT2D eigenvalue weighted by Gasteiger charge is -2.45. The molecule has 1 atom stereocenters. The number of hydrogen-bond acceptors (Lipinski definition) is 6. The minimum absolute atomic E-state index is 0.00153. The molecule has 0 radical (unpaired) electrons. The summed E-state index contributed by atoms with van der Waals surface area (Å²) in [4.78, 5) is 22.8. The summed E-state index contributed by atoms with van der Waals surface area (Å²) in [5.74, 6) is -0.00153. The molecular weight excluding hydrogens is 346 g/mol. The van der Waals surface area contributed by atoms with E-state index in [0.717, 1.165) is 32.2 Å². The summed E-state index contributed by atoms with van der Waals surface area (Å²) in [6.07, 6.45) is 8.50. The topological polar surface area (TPSA) is 82.4 Å². The number of aromatic nitrogens is 4. The lowest BCUT2D eigenvalue weighted by molar-refractivity contribution is -0.136. The number of carbonyl (C=O) groups excluding carboxylic acids is 1. The predicted octanol–water partition coefficient (Wildman–Crippen LogP) is 1.93. The van der Waals surface area contributed by atoms with Crippen LogP contribution in [0.3, 0.4) is 0 Å². The molecule has 0 saturated carbocycles. The minimum atomic E-state index is -0.225.